The van der Waals surface area contributed by atoms with Gasteiger partial charge < -0.3 is 0 Å². The van der Waals surface area contributed by atoms with Gasteiger partial charge in [-0.3, -0.25) is 4.79 Å². The van der Waals surface area contributed by atoms with Crippen molar-refractivity contribution in [2.45, 2.75) is 55.7 Å². The lowest BCUT2D eigenvalue weighted by molar-refractivity contribution is -0.276. The van der Waals surface area contributed by atoms with E-state index in [1.165, 1.54) is 32.1 Å². The van der Waals surface area contributed by atoms with Crippen molar-refractivity contribution in [1.29, 1.82) is 0 Å². The van der Waals surface area contributed by atoms with E-state index in [0.29, 0.717) is 5.41 Å². The number of Topliss-reactive ketones (excluding diaryl/α,β-unsaturated/α-hetero) is 1. The molecular formula is C13H16Cl2O. The van der Waals surface area contributed by atoms with Gasteiger partial charge in [0.05, 0.1) is 0 Å². The molecule has 4 aliphatic rings. The average molecular weight is 259 g/mol. The van der Waals surface area contributed by atoms with Gasteiger partial charge in [0.15, 0.2) is 10.1 Å². The zero-order chi connectivity index (χ0) is 11.2. The summed E-state index contributed by atoms with van der Waals surface area (Å²) in [6.45, 7) is 0. The number of ketones is 1. The second kappa shape index (κ2) is 2.49. The van der Waals surface area contributed by atoms with E-state index in [0.717, 1.165) is 19.3 Å². The minimum absolute atomic E-state index is 0.0241. The summed E-state index contributed by atoms with van der Waals surface area (Å²) in [4.78, 5) is 12.3. The third kappa shape index (κ3) is 0.646. The zero-order valence-electron chi connectivity index (χ0n) is 9.32. The van der Waals surface area contributed by atoms with Crippen molar-refractivity contribution in [3.05, 3.63) is 0 Å². The molecule has 0 heterocycles. The van der Waals surface area contributed by atoms with E-state index in [1.54, 1.807) is 0 Å². The highest BCUT2D eigenvalue weighted by molar-refractivity contribution is 6.62. The second-order valence-corrected chi connectivity index (χ2v) is 7.71. The van der Waals surface area contributed by atoms with Crippen LogP contribution >= 0.6 is 23.2 Å². The lowest BCUT2D eigenvalue weighted by atomic mass is 9.24. The van der Waals surface area contributed by atoms with E-state index in [9.17, 15) is 4.79 Å². The van der Waals surface area contributed by atoms with Crippen molar-refractivity contribution in [2.75, 3.05) is 0 Å². The highest BCUT2D eigenvalue weighted by Crippen LogP contribution is 2.88. The predicted octanol–water partition coefficient (Wildman–Crippen LogP) is 3.86. The number of alkyl halides is 2. The molecular weight excluding hydrogens is 243 g/mol. The van der Waals surface area contributed by atoms with E-state index in [1.807, 2.05) is 0 Å². The van der Waals surface area contributed by atoms with Crippen molar-refractivity contribution in [2.24, 2.45) is 16.2 Å². The Labute approximate surface area is 106 Å². The molecule has 0 amide bonds. The summed E-state index contributed by atoms with van der Waals surface area (Å²) in [7, 11) is 0. The minimum Gasteiger partial charge on any atom is -0.296 e. The van der Waals surface area contributed by atoms with Crippen molar-refractivity contribution in [3.8, 4) is 0 Å². The van der Waals surface area contributed by atoms with Crippen LogP contribution in [0.5, 0.6) is 0 Å². The summed E-state index contributed by atoms with van der Waals surface area (Å²) in [5, 5.41) is 0. The quantitative estimate of drug-likeness (QED) is 0.603. The largest absolute Gasteiger partial charge is 0.296 e. The molecule has 4 fully saturated rings. The summed E-state index contributed by atoms with van der Waals surface area (Å²) < 4.78 is -1.05. The Hall–Kier alpha value is 0.250. The summed E-state index contributed by atoms with van der Waals surface area (Å²) in [5.74, 6) is 0.153. The zero-order valence-corrected chi connectivity index (χ0v) is 10.8. The van der Waals surface area contributed by atoms with Crippen LogP contribution in [-0.4, -0.2) is 10.1 Å². The summed E-state index contributed by atoms with van der Waals surface area (Å²) in [6, 6.07) is 0. The normalized spacial score (nSPS) is 44.8. The molecule has 1 nitrogen and oxygen atoms in total. The van der Waals surface area contributed by atoms with Crippen LogP contribution in [-0.2, 0) is 4.79 Å². The maximum absolute atomic E-state index is 12.3. The Morgan fingerprint density at radius 2 is 1.50 bits per heavy atom. The first-order valence-electron chi connectivity index (χ1n) is 6.45. The van der Waals surface area contributed by atoms with Gasteiger partial charge in [-0.1, -0.05) is 36.0 Å². The van der Waals surface area contributed by atoms with Crippen LogP contribution in [0.2, 0.25) is 0 Å². The molecule has 0 aliphatic heterocycles. The summed E-state index contributed by atoms with van der Waals surface area (Å²) in [6.07, 6.45) is 9.44. The lowest BCUT2D eigenvalue weighted by Crippen LogP contribution is -2.84. The van der Waals surface area contributed by atoms with E-state index >= 15 is 0 Å². The monoisotopic (exact) mass is 258 g/mol. The summed E-state index contributed by atoms with van der Waals surface area (Å²) in [5.41, 5.74) is 0.240. The van der Waals surface area contributed by atoms with Crippen molar-refractivity contribution >= 4 is 29.0 Å². The fourth-order valence-corrected chi connectivity index (χ4v) is 6.67. The van der Waals surface area contributed by atoms with Crippen molar-refractivity contribution in [3.63, 3.8) is 0 Å². The van der Waals surface area contributed by atoms with Gasteiger partial charge in [0, 0.05) is 10.8 Å². The SMILES string of the molecule is O=C1C(Cl)(Cl)[C@]2(CCC23CCC3)C12CCC2. The third-order valence-electron chi connectivity index (χ3n) is 6.47. The Morgan fingerprint density at radius 1 is 0.875 bits per heavy atom. The van der Waals surface area contributed by atoms with Gasteiger partial charge in [-0.25, -0.2) is 0 Å². The van der Waals surface area contributed by atoms with E-state index < -0.39 is 4.33 Å². The Balaban J connectivity index is 1.84. The van der Waals surface area contributed by atoms with Crippen LogP contribution in [0.3, 0.4) is 0 Å². The van der Waals surface area contributed by atoms with Crippen molar-refractivity contribution < 1.29 is 4.79 Å². The Kier molecular flexibility index (Phi) is 1.59. The van der Waals surface area contributed by atoms with E-state index in [2.05, 4.69) is 0 Å². The number of fused-ring (bicyclic) bond motifs is 2. The number of carbonyl (C=O) groups is 1. The number of carbonyl (C=O) groups excluding carboxylic acids is 1. The van der Waals surface area contributed by atoms with Crippen LogP contribution in [0, 0.1) is 16.2 Å². The van der Waals surface area contributed by atoms with Crippen LogP contribution in [0.4, 0.5) is 0 Å². The molecule has 0 aromatic heterocycles. The van der Waals surface area contributed by atoms with Gasteiger partial charge in [0.1, 0.15) is 0 Å². The number of halogens is 2. The molecule has 3 spiro atoms. The van der Waals surface area contributed by atoms with Crippen molar-refractivity contribution in [1.82, 2.24) is 0 Å². The molecule has 0 saturated heterocycles. The molecule has 0 radical (unpaired) electrons. The van der Waals surface area contributed by atoms with Gasteiger partial charge >= 0.3 is 0 Å². The topological polar surface area (TPSA) is 17.1 Å². The molecule has 3 heteroatoms. The molecule has 4 rings (SSSR count). The van der Waals surface area contributed by atoms with E-state index in [4.69, 9.17) is 23.2 Å². The van der Waals surface area contributed by atoms with Gasteiger partial charge in [0.25, 0.3) is 0 Å². The molecule has 0 aromatic rings. The molecule has 0 N–H and O–H groups in total. The first kappa shape index (κ1) is 10.2. The molecule has 4 aliphatic carbocycles. The number of rotatable bonds is 0. The molecule has 16 heavy (non-hydrogen) atoms. The van der Waals surface area contributed by atoms with Crippen LogP contribution in [0.1, 0.15) is 51.4 Å². The smallest absolute Gasteiger partial charge is 0.183 e. The molecule has 4 saturated carbocycles. The molecule has 88 valence electrons. The first-order chi connectivity index (χ1) is 7.53. The number of hydrogen-bond donors (Lipinski definition) is 0. The van der Waals surface area contributed by atoms with Gasteiger partial charge in [0.2, 0.25) is 0 Å². The fourth-order valence-electron chi connectivity index (χ4n) is 5.36. The minimum atomic E-state index is -1.05. The lowest BCUT2D eigenvalue weighted by Gasteiger charge is -2.81. The fraction of sp³-hybridized carbons (Fsp3) is 0.923. The number of hydrogen-bond acceptors (Lipinski definition) is 1. The predicted molar refractivity (Wildman–Crippen MR) is 63.7 cm³/mol. The van der Waals surface area contributed by atoms with Crippen LogP contribution in [0.15, 0.2) is 0 Å². The molecule has 0 aromatic carbocycles. The third-order valence-corrected chi connectivity index (χ3v) is 7.46. The van der Waals surface area contributed by atoms with Crippen LogP contribution < -0.4 is 0 Å². The average Bonchev–Trinajstić information content (AvgIpc) is 2.04. The maximum Gasteiger partial charge on any atom is 0.183 e. The standard InChI is InChI=1S/C13H16Cl2O/c14-13(15)9(16)11(5-2-6-11)12(13)8-7-10(12)3-1-4-10/h1-8H2/t12-/m0/s1. The molecule has 1 atom stereocenters. The van der Waals surface area contributed by atoms with E-state index in [-0.39, 0.29) is 16.6 Å². The molecule has 0 unspecified atom stereocenters. The Bertz CT molecular complexity index is 387. The highest BCUT2D eigenvalue weighted by atomic mass is 35.5. The highest BCUT2D eigenvalue weighted by Gasteiger charge is 2.89. The van der Waals surface area contributed by atoms with Crippen LogP contribution in [0.25, 0.3) is 0 Å². The van der Waals surface area contributed by atoms with Gasteiger partial charge in [-0.05, 0) is 43.9 Å². The van der Waals surface area contributed by atoms with Gasteiger partial charge in [-0.2, -0.15) is 0 Å². The summed E-state index contributed by atoms with van der Waals surface area (Å²) >= 11 is 12.8. The second-order valence-electron chi connectivity index (χ2n) is 6.38. The Morgan fingerprint density at radius 3 is 1.81 bits per heavy atom. The molecule has 0 bridgehead atoms. The first-order valence-corrected chi connectivity index (χ1v) is 7.21. The maximum atomic E-state index is 12.3. The van der Waals surface area contributed by atoms with Gasteiger partial charge in [-0.15, -0.1) is 0 Å².